The number of hydrogen-bond acceptors (Lipinski definition) is 3. The van der Waals surface area contributed by atoms with E-state index < -0.39 is 11.8 Å². The van der Waals surface area contributed by atoms with Crippen LogP contribution in [0.15, 0.2) is 36.7 Å². The van der Waals surface area contributed by atoms with Crippen molar-refractivity contribution in [2.75, 3.05) is 0 Å². The van der Waals surface area contributed by atoms with Crippen LogP contribution in [0.4, 0.5) is 4.39 Å². The van der Waals surface area contributed by atoms with Crippen LogP contribution >= 0.6 is 0 Å². The van der Waals surface area contributed by atoms with Crippen LogP contribution in [0, 0.1) is 5.82 Å². The first kappa shape index (κ1) is 11.2. The fraction of sp³-hybridized carbons (Fsp3) is 0.0833. The van der Waals surface area contributed by atoms with Crippen LogP contribution in [0.2, 0.25) is 0 Å². The lowest BCUT2D eigenvalue weighted by Crippen LogP contribution is -2.03. The number of aliphatic carboxylic acids is 1. The first-order chi connectivity index (χ1) is 8.16. The van der Waals surface area contributed by atoms with Gasteiger partial charge in [0.15, 0.2) is 0 Å². The van der Waals surface area contributed by atoms with Crippen molar-refractivity contribution in [2.45, 2.75) is 6.42 Å². The third-order valence-corrected chi connectivity index (χ3v) is 2.21. The molecule has 1 N–H and O–H groups in total. The molecule has 17 heavy (non-hydrogen) atoms. The molecule has 0 radical (unpaired) electrons. The van der Waals surface area contributed by atoms with E-state index in [-0.39, 0.29) is 6.42 Å². The Balaban J connectivity index is 2.40. The number of rotatable bonds is 3. The monoisotopic (exact) mass is 232 g/mol. The summed E-state index contributed by atoms with van der Waals surface area (Å²) in [7, 11) is 0. The number of hydrogen-bond donors (Lipinski definition) is 1. The molecular formula is C12H9FN2O2. The molecule has 4 nitrogen and oxygen atoms in total. The lowest BCUT2D eigenvalue weighted by molar-refractivity contribution is -0.136. The maximum Gasteiger partial charge on any atom is 0.309 e. The van der Waals surface area contributed by atoms with Gasteiger partial charge in [-0.05, 0) is 18.2 Å². The van der Waals surface area contributed by atoms with E-state index >= 15 is 0 Å². The Kier molecular flexibility index (Phi) is 3.09. The van der Waals surface area contributed by atoms with Gasteiger partial charge in [-0.15, -0.1) is 0 Å². The molecule has 0 aliphatic heterocycles. The molecule has 1 aromatic carbocycles. The predicted molar refractivity (Wildman–Crippen MR) is 58.8 cm³/mol. The van der Waals surface area contributed by atoms with E-state index in [1.54, 1.807) is 18.2 Å². The van der Waals surface area contributed by atoms with Gasteiger partial charge < -0.3 is 5.11 Å². The summed E-state index contributed by atoms with van der Waals surface area (Å²) in [6, 6.07) is 7.67. The molecule has 0 spiro atoms. The standard InChI is InChI=1S/C12H9FN2O2/c13-10-4-2-1-3-9(10)11-5-8(6-12(16)17)14-7-15-11/h1-5,7H,6H2,(H,16,17). The predicted octanol–water partition coefficient (Wildman–Crippen LogP) is 1.91. The lowest BCUT2D eigenvalue weighted by atomic mass is 10.1. The minimum atomic E-state index is -0.983. The zero-order valence-corrected chi connectivity index (χ0v) is 8.80. The highest BCUT2D eigenvalue weighted by Gasteiger charge is 2.08. The summed E-state index contributed by atoms with van der Waals surface area (Å²) in [5.41, 5.74) is 1.07. The Morgan fingerprint density at radius 3 is 2.76 bits per heavy atom. The molecular weight excluding hydrogens is 223 g/mol. The molecule has 0 aliphatic carbocycles. The van der Waals surface area contributed by atoms with Gasteiger partial charge in [0.1, 0.15) is 12.1 Å². The van der Waals surface area contributed by atoms with Crippen LogP contribution in [-0.4, -0.2) is 21.0 Å². The Morgan fingerprint density at radius 2 is 2.06 bits per heavy atom. The minimum absolute atomic E-state index is 0.204. The zero-order valence-electron chi connectivity index (χ0n) is 8.80. The maximum atomic E-state index is 13.5. The second-order valence-electron chi connectivity index (χ2n) is 3.44. The van der Waals surface area contributed by atoms with Crippen LogP contribution in [0.3, 0.4) is 0 Å². The van der Waals surface area contributed by atoms with Crippen molar-refractivity contribution in [3.8, 4) is 11.3 Å². The maximum absolute atomic E-state index is 13.5. The van der Waals surface area contributed by atoms with Crippen molar-refractivity contribution in [3.63, 3.8) is 0 Å². The SMILES string of the molecule is O=C(O)Cc1cc(-c2ccccc2F)ncn1. The molecule has 0 amide bonds. The smallest absolute Gasteiger partial charge is 0.309 e. The Hall–Kier alpha value is -2.30. The Morgan fingerprint density at radius 1 is 1.29 bits per heavy atom. The third kappa shape index (κ3) is 2.63. The number of carboxylic acids is 1. The van der Waals surface area contributed by atoms with Crippen molar-refractivity contribution < 1.29 is 14.3 Å². The largest absolute Gasteiger partial charge is 0.481 e. The molecule has 0 saturated heterocycles. The van der Waals surface area contributed by atoms with E-state index in [0.29, 0.717) is 17.0 Å². The molecule has 0 unspecified atom stereocenters. The van der Waals surface area contributed by atoms with Crippen LogP contribution < -0.4 is 0 Å². The summed E-state index contributed by atoms with van der Waals surface area (Å²) in [5.74, 6) is -1.38. The van der Waals surface area contributed by atoms with Crippen LogP contribution in [0.25, 0.3) is 11.3 Å². The molecule has 5 heteroatoms. The van der Waals surface area contributed by atoms with E-state index in [4.69, 9.17) is 5.11 Å². The molecule has 2 rings (SSSR count). The summed E-state index contributed by atoms with van der Waals surface area (Å²) in [4.78, 5) is 18.3. The van der Waals surface area contributed by atoms with Gasteiger partial charge in [0.25, 0.3) is 0 Å². The average molecular weight is 232 g/mol. The van der Waals surface area contributed by atoms with E-state index in [1.165, 1.54) is 18.5 Å². The van der Waals surface area contributed by atoms with Crippen LogP contribution in [-0.2, 0) is 11.2 Å². The number of carboxylic acid groups (broad SMARTS) is 1. The number of nitrogens with zero attached hydrogens (tertiary/aromatic N) is 2. The molecule has 1 heterocycles. The van der Waals surface area contributed by atoms with Crippen molar-refractivity contribution in [1.29, 1.82) is 0 Å². The van der Waals surface area contributed by atoms with Gasteiger partial charge in [-0.3, -0.25) is 4.79 Å². The van der Waals surface area contributed by atoms with Gasteiger partial charge in [0.05, 0.1) is 17.8 Å². The fourth-order valence-electron chi connectivity index (χ4n) is 1.47. The molecule has 0 saturated carbocycles. The second-order valence-corrected chi connectivity index (χ2v) is 3.44. The van der Waals surface area contributed by atoms with E-state index in [9.17, 15) is 9.18 Å². The molecule has 0 fully saturated rings. The first-order valence-corrected chi connectivity index (χ1v) is 4.94. The van der Waals surface area contributed by atoms with Gasteiger partial charge in [-0.1, -0.05) is 12.1 Å². The highest BCUT2D eigenvalue weighted by molar-refractivity contribution is 5.70. The van der Waals surface area contributed by atoms with E-state index in [1.807, 2.05) is 0 Å². The molecule has 86 valence electrons. The van der Waals surface area contributed by atoms with Crippen LogP contribution in [0.5, 0.6) is 0 Å². The highest BCUT2D eigenvalue weighted by Crippen LogP contribution is 2.20. The molecule has 1 aromatic heterocycles. The van der Waals surface area contributed by atoms with Gasteiger partial charge in [-0.2, -0.15) is 0 Å². The summed E-state index contributed by atoms with van der Waals surface area (Å²) in [6.45, 7) is 0. The quantitative estimate of drug-likeness (QED) is 0.877. The summed E-state index contributed by atoms with van der Waals surface area (Å²) < 4.78 is 13.5. The van der Waals surface area contributed by atoms with Gasteiger partial charge in [0.2, 0.25) is 0 Å². The first-order valence-electron chi connectivity index (χ1n) is 4.94. The number of aromatic nitrogens is 2. The van der Waals surface area contributed by atoms with Gasteiger partial charge >= 0.3 is 5.97 Å². The molecule has 0 atom stereocenters. The number of benzene rings is 1. The number of carbonyl (C=O) groups is 1. The molecule has 2 aromatic rings. The minimum Gasteiger partial charge on any atom is -0.481 e. The second kappa shape index (κ2) is 4.69. The summed E-state index contributed by atoms with van der Waals surface area (Å²) >= 11 is 0. The molecule has 0 aliphatic rings. The van der Waals surface area contributed by atoms with Crippen molar-refractivity contribution >= 4 is 5.97 Å². The summed E-state index contributed by atoms with van der Waals surface area (Å²) in [6.07, 6.45) is 1.03. The topological polar surface area (TPSA) is 63.1 Å². The number of halogens is 1. The summed E-state index contributed by atoms with van der Waals surface area (Å²) in [5, 5.41) is 8.65. The average Bonchev–Trinajstić information content (AvgIpc) is 2.29. The van der Waals surface area contributed by atoms with Crippen molar-refractivity contribution in [1.82, 2.24) is 9.97 Å². The third-order valence-electron chi connectivity index (χ3n) is 2.21. The lowest BCUT2D eigenvalue weighted by Gasteiger charge is -2.03. The van der Waals surface area contributed by atoms with E-state index in [0.717, 1.165) is 0 Å². The Labute approximate surface area is 96.8 Å². The van der Waals surface area contributed by atoms with Crippen molar-refractivity contribution in [2.24, 2.45) is 0 Å². The highest BCUT2D eigenvalue weighted by atomic mass is 19.1. The van der Waals surface area contributed by atoms with Gasteiger partial charge in [-0.25, -0.2) is 14.4 Å². The van der Waals surface area contributed by atoms with E-state index in [2.05, 4.69) is 9.97 Å². The Bertz CT molecular complexity index is 558. The van der Waals surface area contributed by atoms with Crippen molar-refractivity contribution in [3.05, 3.63) is 48.2 Å². The zero-order chi connectivity index (χ0) is 12.3. The normalized spacial score (nSPS) is 10.2. The van der Waals surface area contributed by atoms with Gasteiger partial charge in [0, 0.05) is 5.56 Å². The van der Waals surface area contributed by atoms with Crippen LogP contribution in [0.1, 0.15) is 5.69 Å². The fourth-order valence-corrected chi connectivity index (χ4v) is 1.47. The molecule has 0 bridgehead atoms.